The number of hydrogen-bond acceptors (Lipinski definition) is 4. The summed E-state index contributed by atoms with van der Waals surface area (Å²) in [6.07, 6.45) is 3.14. The summed E-state index contributed by atoms with van der Waals surface area (Å²) in [6, 6.07) is 12.2. The van der Waals surface area contributed by atoms with Gasteiger partial charge in [-0.25, -0.2) is 0 Å². The summed E-state index contributed by atoms with van der Waals surface area (Å²) in [4.78, 5) is 16.3. The zero-order valence-electron chi connectivity index (χ0n) is 10.4. The maximum absolute atomic E-state index is 12.3. The van der Waals surface area contributed by atoms with E-state index in [9.17, 15) is 10.1 Å². The van der Waals surface area contributed by atoms with Crippen LogP contribution in [0, 0.1) is 11.3 Å². The molecule has 4 heteroatoms. The van der Waals surface area contributed by atoms with Crippen LogP contribution in [0.2, 0.25) is 0 Å². The summed E-state index contributed by atoms with van der Waals surface area (Å²) in [7, 11) is 1.53. The maximum Gasteiger partial charge on any atom is 0.184 e. The first kappa shape index (κ1) is 12.8. The van der Waals surface area contributed by atoms with Crippen molar-refractivity contribution in [3.63, 3.8) is 0 Å². The highest BCUT2D eigenvalue weighted by Crippen LogP contribution is 2.22. The molecule has 2 rings (SSSR count). The van der Waals surface area contributed by atoms with Gasteiger partial charge in [0.2, 0.25) is 0 Å². The molecular formula is C15H12N2O2. The zero-order valence-corrected chi connectivity index (χ0v) is 10.4. The molecule has 1 aromatic heterocycles. The number of ether oxygens (including phenoxy) is 1. The van der Waals surface area contributed by atoms with Crippen LogP contribution in [0.3, 0.4) is 0 Å². The van der Waals surface area contributed by atoms with Gasteiger partial charge in [0.05, 0.1) is 13.2 Å². The Balaban J connectivity index is 2.34. The molecule has 0 saturated carbocycles. The summed E-state index contributed by atoms with van der Waals surface area (Å²) in [5.74, 6) is -0.510. The average Bonchev–Trinajstić information content (AvgIpc) is 2.49. The number of carbonyl (C=O) groups is 1. The van der Waals surface area contributed by atoms with Gasteiger partial charge in [0, 0.05) is 18.0 Å². The number of Topliss-reactive ketones (excluding diaryl/α,β-unsaturated/α-hetero) is 1. The van der Waals surface area contributed by atoms with E-state index in [2.05, 4.69) is 4.98 Å². The Kier molecular flexibility index (Phi) is 3.89. The third-order valence-corrected chi connectivity index (χ3v) is 2.76. The predicted molar refractivity (Wildman–Crippen MR) is 69.9 cm³/mol. The number of pyridine rings is 1. The summed E-state index contributed by atoms with van der Waals surface area (Å²) in [5, 5.41) is 9.21. The molecule has 1 unspecified atom stereocenters. The molecule has 1 heterocycles. The Morgan fingerprint density at radius 2 is 2.21 bits per heavy atom. The Morgan fingerprint density at radius 1 is 1.37 bits per heavy atom. The lowest BCUT2D eigenvalue weighted by molar-refractivity contribution is 0.0978. The molecule has 0 radical (unpaired) electrons. The number of methoxy groups -OCH3 is 1. The standard InChI is InChI=1S/C15H12N2O2/c1-19-13-6-2-4-11(8-13)15(18)14(9-16)12-5-3-7-17-10-12/h2-8,10,14H,1H3. The van der Waals surface area contributed by atoms with E-state index >= 15 is 0 Å². The van der Waals surface area contributed by atoms with Crippen molar-refractivity contribution in [2.45, 2.75) is 5.92 Å². The van der Waals surface area contributed by atoms with Gasteiger partial charge in [0.25, 0.3) is 0 Å². The molecule has 0 aliphatic heterocycles. The molecular weight excluding hydrogens is 240 g/mol. The fourth-order valence-electron chi connectivity index (χ4n) is 1.77. The fraction of sp³-hybridized carbons (Fsp3) is 0.133. The third kappa shape index (κ3) is 2.78. The average molecular weight is 252 g/mol. The molecule has 4 nitrogen and oxygen atoms in total. The lowest BCUT2D eigenvalue weighted by atomic mass is 9.93. The van der Waals surface area contributed by atoms with Crippen molar-refractivity contribution >= 4 is 5.78 Å². The highest BCUT2D eigenvalue weighted by molar-refractivity contribution is 6.02. The first-order valence-electron chi connectivity index (χ1n) is 5.74. The summed E-state index contributed by atoms with van der Waals surface area (Å²) in [6.45, 7) is 0. The predicted octanol–water partition coefficient (Wildman–Crippen LogP) is 2.58. The summed E-state index contributed by atoms with van der Waals surface area (Å²) >= 11 is 0. The van der Waals surface area contributed by atoms with E-state index in [1.807, 2.05) is 6.07 Å². The van der Waals surface area contributed by atoms with Gasteiger partial charge in [-0.05, 0) is 23.8 Å². The van der Waals surface area contributed by atoms with E-state index < -0.39 is 5.92 Å². The van der Waals surface area contributed by atoms with E-state index in [4.69, 9.17) is 4.74 Å². The first-order chi connectivity index (χ1) is 9.26. The zero-order chi connectivity index (χ0) is 13.7. The van der Waals surface area contributed by atoms with E-state index in [1.165, 1.54) is 13.3 Å². The minimum Gasteiger partial charge on any atom is -0.497 e. The molecule has 0 aliphatic carbocycles. The van der Waals surface area contributed by atoms with Crippen molar-refractivity contribution in [3.05, 3.63) is 59.9 Å². The Bertz CT molecular complexity index is 618. The second-order valence-electron chi connectivity index (χ2n) is 3.94. The van der Waals surface area contributed by atoms with Crippen LogP contribution >= 0.6 is 0 Å². The van der Waals surface area contributed by atoms with Crippen LogP contribution in [0.5, 0.6) is 5.75 Å². The van der Waals surface area contributed by atoms with Gasteiger partial charge in [0.15, 0.2) is 5.78 Å². The Hall–Kier alpha value is -2.67. The smallest absolute Gasteiger partial charge is 0.184 e. The molecule has 1 aromatic carbocycles. The second kappa shape index (κ2) is 5.78. The van der Waals surface area contributed by atoms with Gasteiger partial charge < -0.3 is 4.74 Å². The van der Waals surface area contributed by atoms with Crippen molar-refractivity contribution in [1.29, 1.82) is 5.26 Å². The maximum atomic E-state index is 12.3. The number of rotatable bonds is 4. The highest BCUT2D eigenvalue weighted by atomic mass is 16.5. The van der Waals surface area contributed by atoms with Gasteiger partial charge in [-0.2, -0.15) is 5.26 Å². The summed E-state index contributed by atoms with van der Waals surface area (Å²) in [5.41, 5.74) is 1.05. The largest absolute Gasteiger partial charge is 0.497 e. The van der Waals surface area contributed by atoms with E-state index in [0.29, 0.717) is 16.9 Å². The van der Waals surface area contributed by atoms with E-state index in [-0.39, 0.29) is 5.78 Å². The number of nitriles is 1. The van der Waals surface area contributed by atoms with Crippen LogP contribution in [-0.4, -0.2) is 17.9 Å². The van der Waals surface area contributed by atoms with Gasteiger partial charge >= 0.3 is 0 Å². The van der Waals surface area contributed by atoms with Crippen molar-refractivity contribution < 1.29 is 9.53 Å². The third-order valence-electron chi connectivity index (χ3n) is 2.76. The van der Waals surface area contributed by atoms with Crippen LogP contribution in [0.15, 0.2) is 48.8 Å². The van der Waals surface area contributed by atoms with Crippen LogP contribution in [0.1, 0.15) is 21.8 Å². The molecule has 0 saturated heterocycles. The quantitative estimate of drug-likeness (QED) is 0.784. The number of nitrogens with zero attached hydrogens (tertiary/aromatic N) is 2. The molecule has 0 amide bonds. The molecule has 0 aliphatic rings. The molecule has 0 bridgehead atoms. The van der Waals surface area contributed by atoms with E-state index in [1.54, 1.807) is 42.6 Å². The van der Waals surface area contributed by atoms with Crippen LogP contribution in [0.4, 0.5) is 0 Å². The number of ketones is 1. The Morgan fingerprint density at radius 3 is 2.84 bits per heavy atom. The number of benzene rings is 1. The minimum atomic E-state index is -0.846. The second-order valence-corrected chi connectivity index (χ2v) is 3.94. The first-order valence-corrected chi connectivity index (χ1v) is 5.74. The van der Waals surface area contributed by atoms with Gasteiger partial charge in [-0.3, -0.25) is 9.78 Å². The topological polar surface area (TPSA) is 63.0 Å². The molecule has 0 N–H and O–H groups in total. The molecule has 19 heavy (non-hydrogen) atoms. The van der Waals surface area contributed by atoms with Crippen molar-refractivity contribution in [3.8, 4) is 11.8 Å². The number of hydrogen-bond donors (Lipinski definition) is 0. The highest BCUT2D eigenvalue weighted by Gasteiger charge is 2.22. The van der Waals surface area contributed by atoms with Crippen LogP contribution < -0.4 is 4.74 Å². The molecule has 1 atom stereocenters. The number of aromatic nitrogens is 1. The lowest BCUT2D eigenvalue weighted by Crippen LogP contribution is -2.11. The SMILES string of the molecule is COc1cccc(C(=O)C(C#N)c2cccnc2)c1. The molecule has 0 fully saturated rings. The molecule has 2 aromatic rings. The molecule has 0 spiro atoms. The molecule has 94 valence electrons. The van der Waals surface area contributed by atoms with Crippen LogP contribution in [0.25, 0.3) is 0 Å². The van der Waals surface area contributed by atoms with Gasteiger partial charge in [-0.1, -0.05) is 18.2 Å². The normalized spacial score (nSPS) is 11.4. The van der Waals surface area contributed by atoms with Crippen molar-refractivity contribution in [2.75, 3.05) is 7.11 Å². The lowest BCUT2D eigenvalue weighted by Gasteiger charge is -2.09. The van der Waals surface area contributed by atoms with E-state index in [0.717, 1.165) is 0 Å². The van der Waals surface area contributed by atoms with Crippen molar-refractivity contribution in [1.82, 2.24) is 4.98 Å². The number of carbonyl (C=O) groups excluding carboxylic acids is 1. The monoisotopic (exact) mass is 252 g/mol. The Labute approximate surface area is 111 Å². The fourth-order valence-corrected chi connectivity index (χ4v) is 1.77. The van der Waals surface area contributed by atoms with Crippen molar-refractivity contribution in [2.24, 2.45) is 0 Å². The summed E-state index contributed by atoms with van der Waals surface area (Å²) < 4.78 is 5.08. The van der Waals surface area contributed by atoms with Gasteiger partial charge in [0.1, 0.15) is 11.7 Å². The minimum absolute atomic E-state index is 0.255. The van der Waals surface area contributed by atoms with Gasteiger partial charge in [-0.15, -0.1) is 0 Å². The van der Waals surface area contributed by atoms with Crippen LogP contribution in [-0.2, 0) is 0 Å².